The summed E-state index contributed by atoms with van der Waals surface area (Å²) in [4.78, 5) is 10.2. The number of aliphatic hydroxyl groups excluding tert-OH is 1. The van der Waals surface area contributed by atoms with Crippen molar-refractivity contribution < 1.29 is 26.9 Å². The molecule has 0 aliphatic rings. The molecule has 0 aliphatic heterocycles. The number of azo groups is 1. The summed E-state index contributed by atoms with van der Waals surface area (Å²) in [6.45, 7) is 5.27. The van der Waals surface area contributed by atoms with E-state index in [4.69, 9.17) is 11.6 Å². The Hall–Kier alpha value is -2.10. The van der Waals surface area contributed by atoms with E-state index >= 15 is 0 Å². The number of benzene rings is 2. The molecule has 170 valence electrons. The molecule has 1 unspecified atom stereocenters. The Kier molecular flexibility index (Phi) is 11.0. The minimum absolute atomic E-state index is 0. The van der Waals surface area contributed by atoms with E-state index in [-0.39, 0.29) is 29.2 Å². The largest absolute Gasteiger partial charge is 1.00 e. The molecule has 31 heavy (non-hydrogen) atoms. The van der Waals surface area contributed by atoms with Crippen molar-refractivity contribution in [2.24, 2.45) is 10.2 Å². The molecule has 2 rings (SSSR count). The van der Waals surface area contributed by atoms with Crippen LogP contribution in [-0.2, 0) is 6.42 Å². The number of aliphatic hydroxyl groups is 1. The van der Waals surface area contributed by atoms with Crippen LogP contribution in [0.15, 0.2) is 52.7 Å². The van der Waals surface area contributed by atoms with Crippen LogP contribution in [0.5, 0.6) is 0 Å². The summed E-state index contributed by atoms with van der Waals surface area (Å²) in [6.07, 6.45) is 0.599. The highest BCUT2D eigenvalue weighted by Gasteiger charge is 2.16. The van der Waals surface area contributed by atoms with Crippen molar-refractivity contribution in [3.05, 3.63) is 63.2 Å². The van der Waals surface area contributed by atoms with Crippen molar-refractivity contribution in [2.75, 3.05) is 40.3 Å². The molecule has 0 bridgehead atoms. The Morgan fingerprint density at radius 3 is 2.42 bits per heavy atom. The third-order valence-corrected chi connectivity index (χ3v) is 4.90. The number of nitro groups is 1. The van der Waals surface area contributed by atoms with Crippen LogP contribution in [0, 0.1) is 10.1 Å². The molecule has 0 radical (unpaired) electrons. The van der Waals surface area contributed by atoms with Crippen molar-refractivity contribution in [3.8, 4) is 0 Å². The van der Waals surface area contributed by atoms with Crippen LogP contribution in [0.2, 0.25) is 5.02 Å². The Morgan fingerprint density at radius 2 is 1.84 bits per heavy atom. The molecule has 2 aromatic carbocycles. The van der Waals surface area contributed by atoms with Gasteiger partial charge in [-0.05, 0) is 43.7 Å². The number of quaternary nitrogens is 1. The molecule has 1 atom stereocenters. The molecule has 0 aliphatic carbocycles. The maximum absolute atomic E-state index is 10.7. The summed E-state index contributed by atoms with van der Waals surface area (Å²) in [7, 11) is 4.23. The van der Waals surface area contributed by atoms with Crippen molar-refractivity contribution >= 4 is 28.7 Å². The lowest BCUT2D eigenvalue weighted by Crippen LogP contribution is -3.00. The summed E-state index contributed by atoms with van der Waals surface area (Å²) < 4.78 is 0.781. The zero-order valence-corrected chi connectivity index (χ0v) is 19.5. The second kappa shape index (κ2) is 12.7. The van der Waals surface area contributed by atoms with Gasteiger partial charge in [0.15, 0.2) is 0 Å². The van der Waals surface area contributed by atoms with Gasteiger partial charge in [0.2, 0.25) is 0 Å². The van der Waals surface area contributed by atoms with Crippen LogP contribution in [0.25, 0.3) is 0 Å². The molecule has 2 aromatic rings. The molecular formula is C21H29Cl2N5O3. The lowest BCUT2D eigenvalue weighted by Gasteiger charge is -2.31. The molecule has 0 fully saturated rings. The van der Waals surface area contributed by atoms with E-state index in [2.05, 4.69) is 29.6 Å². The number of nitro benzene ring substituents is 1. The van der Waals surface area contributed by atoms with E-state index in [0.717, 1.165) is 37.1 Å². The van der Waals surface area contributed by atoms with Gasteiger partial charge in [-0.25, -0.2) is 0 Å². The maximum Gasteiger partial charge on any atom is 0.271 e. The first-order chi connectivity index (χ1) is 14.2. The first kappa shape index (κ1) is 26.9. The third-order valence-electron chi connectivity index (χ3n) is 4.59. The van der Waals surface area contributed by atoms with Gasteiger partial charge < -0.3 is 27.3 Å². The summed E-state index contributed by atoms with van der Waals surface area (Å²) in [5.41, 5.74) is 2.17. The fourth-order valence-corrected chi connectivity index (χ4v) is 3.29. The summed E-state index contributed by atoms with van der Waals surface area (Å²) in [5, 5.41) is 32.1. The predicted molar refractivity (Wildman–Crippen MR) is 119 cm³/mol. The monoisotopic (exact) mass is 469 g/mol. The highest BCUT2D eigenvalue weighted by molar-refractivity contribution is 6.33. The molecule has 0 aromatic heterocycles. The SMILES string of the molecule is CC(O)C[N+](C)(C)CCNCCc1ccc(N=Nc2ccc([N+](=O)[O-])cc2Cl)cc1.[Cl-]. The van der Waals surface area contributed by atoms with Gasteiger partial charge in [0.05, 0.1) is 36.3 Å². The molecule has 0 amide bonds. The quantitative estimate of drug-likeness (QED) is 0.170. The number of nitrogens with zero attached hydrogens (tertiary/aromatic N) is 4. The number of halogens is 2. The van der Waals surface area contributed by atoms with Gasteiger partial charge >= 0.3 is 0 Å². The van der Waals surface area contributed by atoms with Gasteiger partial charge in [-0.1, -0.05) is 23.7 Å². The fraction of sp³-hybridized carbons (Fsp3) is 0.429. The van der Waals surface area contributed by atoms with Gasteiger partial charge in [-0.2, -0.15) is 5.11 Å². The lowest BCUT2D eigenvalue weighted by atomic mass is 10.1. The van der Waals surface area contributed by atoms with E-state index in [9.17, 15) is 15.2 Å². The van der Waals surface area contributed by atoms with Gasteiger partial charge in [0, 0.05) is 18.7 Å². The van der Waals surface area contributed by atoms with Gasteiger partial charge in [-0.15, -0.1) is 5.11 Å². The minimum Gasteiger partial charge on any atom is -1.00 e. The maximum atomic E-state index is 10.7. The third kappa shape index (κ3) is 9.71. The van der Waals surface area contributed by atoms with E-state index in [0.29, 0.717) is 11.4 Å². The number of likely N-dealkylation sites (N-methyl/N-ethyl adjacent to an activating group) is 1. The van der Waals surface area contributed by atoms with Crippen molar-refractivity contribution in [2.45, 2.75) is 19.4 Å². The fourth-order valence-electron chi connectivity index (χ4n) is 3.08. The number of hydrogen-bond donors (Lipinski definition) is 2. The second-order valence-electron chi connectivity index (χ2n) is 7.95. The van der Waals surface area contributed by atoms with Crippen LogP contribution in [0.3, 0.4) is 0 Å². The van der Waals surface area contributed by atoms with Gasteiger partial charge in [-0.3, -0.25) is 10.1 Å². The van der Waals surface area contributed by atoms with E-state index in [1.54, 1.807) is 0 Å². The zero-order valence-electron chi connectivity index (χ0n) is 18.0. The zero-order chi connectivity index (χ0) is 22.1. The lowest BCUT2D eigenvalue weighted by molar-refractivity contribution is -0.892. The van der Waals surface area contributed by atoms with Crippen LogP contribution < -0.4 is 17.7 Å². The first-order valence-corrected chi connectivity index (χ1v) is 10.2. The Bertz CT molecular complexity index is 874. The Labute approximate surface area is 194 Å². The molecule has 2 N–H and O–H groups in total. The summed E-state index contributed by atoms with van der Waals surface area (Å²) in [5.74, 6) is 0. The Morgan fingerprint density at radius 1 is 1.16 bits per heavy atom. The molecule has 10 heteroatoms. The minimum atomic E-state index is -0.504. The topological polar surface area (TPSA) is 100 Å². The van der Waals surface area contributed by atoms with Crippen LogP contribution in [0.4, 0.5) is 17.1 Å². The predicted octanol–water partition coefficient (Wildman–Crippen LogP) is 1.26. The number of rotatable bonds is 11. The number of non-ortho nitro benzene ring substituents is 1. The van der Waals surface area contributed by atoms with E-state index < -0.39 is 4.92 Å². The summed E-state index contributed by atoms with van der Waals surface area (Å²) >= 11 is 6.02. The van der Waals surface area contributed by atoms with Crippen LogP contribution in [-0.4, -0.2) is 60.9 Å². The van der Waals surface area contributed by atoms with Crippen LogP contribution >= 0.6 is 11.6 Å². The molecular weight excluding hydrogens is 441 g/mol. The Balaban J connectivity index is 0.00000480. The van der Waals surface area contributed by atoms with Crippen molar-refractivity contribution in [1.82, 2.24) is 5.32 Å². The highest BCUT2D eigenvalue weighted by Crippen LogP contribution is 2.30. The molecule has 0 saturated heterocycles. The smallest absolute Gasteiger partial charge is 0.271 e. The average Bonchev–Trinajstić information content (AvgIpc) is 2.66. The first-order valence-electron chi connectivity index (χ1n) is 9.82. The molecule has 0 heterocycles. The van der Waals surface area contributed by atoms with Crippen molar-refractivity contribution in [1.29, 1.82) is 0 Å². The molecule has 0 spiro atoms. The molecule has 0 saturated carbocycles. The average molecular weight is 470 g/mol. The summed E-state index contributed by atoms with van der Waals surface area (Å²) in [6, 6.07) is 11.8. The second-order valence-corrected chi connectivity index (χ2v) is 8.36. The number of nitrogens with one attached hydrogen (secondary N) is 1. The van der Waals surface area contributed by atoms with E-state index in [1.165, 1.54) is 23.8 Å². The van der Waals surface area contributed by atoms with Gasteiger partial charge in [0.1, 0.15) is 18.3 Å². The van der Waals surface area contributed by atoms with Crippen LogP contribution in [0.1, 0.15) is 12.5 Å². The molecule has 8 nitrogen and oxygen atoms in total. The van der Waals surface area contributed by atoms with Crippen molar-refractivity contribution in [3.63, 3.8) is 0 Å². The van der Waals surface area contributed by atoms with Gasteiger partial charge in [0.25, 0.3) is 5.69 Å². The number of hydrogen-bond acceptors (Lipinski definition) is 6. The highest BCUT2D eigenvalue weighted by atomic mass is 35.5. The van der Waals surface area contributed by atoms with E-state index in [1.807, 2.05) is 31.2 Å². The standard InChI is InChI=1S/C21H29ClN5O3.ClH/c1-16(28)15-27(2,3)13-12-23-11-10-17-4-6-18(7-5-17)24-25-21-9-8-19(26(29)30)14-20(21)22;/h4-9,14,16,23,28H,10-13,15H2,1-3H3;1H/q+1;/p-1. The normalized spacial score (nSPS) is 12.5.